The standard InChI is InChI=1S/C22H37N5O3/c1-4-5-10-26-20(23)19(21(29)24-22(26)30)27(17-8-6-7-9-17)18(28)14-25-12-15(2)11-16(3)13-25/h15-17H,4-14,23H2,1-3H3,(H,24,29,30)/t15-,16-/m1/s1. The van der Waals surface area contributed by atoms with Crippen LogP contribution in [0.3, 0.4) is 0 Å². The maximum atomic E-state index is 13.5. The molecule has 1 aromatic rings. The first-order chi connectivity index (χ1) is 14.3. The van der Waals surface area contributed by atoms with Crippen molar-refractivity contribution in [3.8, 4) is 0 Å². The molecule has 2 fully saturated rings. The number of likely N-dealkylation sites (tertiary alicyclic amines) is 1. The van der Waals surface area contributed by atoms with E-state index in [-0.39, 0.29) is 30.0 Å². The van der Waals surface area contributed by atoms with Gasteiger partial charge >= 0.3 is 5.69 Å². The van der Waals surface area contributed by atoms with Crippen LogP contribution in [0.25, 0.3) is 0 Å². The second-order valence-corrected chi connectivity index (χ2v) is 9.34. The zero-order valence-electron chi connectivity index (χ0n) is 18.7. The number of aromatic nitrogens is 2. The molecule has 0 spiro atoms. The number of hydrogen-bond acceptors (Lipinski definition) is 5. The van der Waals surface area contributed by atoms with E-state index in [0.29, 0.717) is 18.4 Å². The van der Waals surface area contributed by atoms with Crippen molar-refractivity contribution in [2.24, 2.45) is 11.8 Å². The largest absolute Gasteiger partial charge is 0.383 e. The zero-order valence-corrected chi connectivity index (χ0v) is 18.7. The van der Waals surface area contributed by atoms with E-state index in [1.807, 2.05) is 6.92 Å². The van der Waals surface area contributed by atoms with Crippen molar-refractivity contribution >= 4 is 17.4 Å². The first-order valence-electron chi connectivity index (χ1n) is 11.5. The number of nitrogens with one attached hydrogen (secondary N) is 1. The summed E-state index contributed by atoms with van der Waals surface area (Å²) < 4.78 is 1.40. The SMILES string of the molecule is CCCCn1c(N)c(N(C(=O)CN2C[C@H](C)C[C@@H](C)C2)C2CCCC2)c(=O)[nH]c1=O. The second-order valence-electron chi connectivity index (χ2n) is 9.34. The third-order valence-electron chi connectivity index (χ3n) is 6.45. The Labute approximate surface area is 178 Å². The summed E-state index contributed by atoms with van der Waals surface area (Å²) in [5.74, 6) is 1.11. The van der Waals surface area contributed by atoms with Crippen molar-refractivity contribution in [1.29, 1.82) is 0 Å². The Balaban J connectivity index is 1.95. The molecule has 1 amide bonds. The fraction of sp³-hybridized carbons (Fsp3) is 0.773. The lowest BCUT2D eigenvalue weighted by Gasteiger charge is -2.37. The molecule has 168 valence electrons. The van der Waals surface area contributed by atoms with E-state index in [1.165, 1.54) is 11.0 Å². The Morgan fingerprint density at radius 1 is 1.17 bits per heavy atom. The molecule has 3 rings (SSSR count). The molecule has 1 aliphatic carbocycles. The van der Waals surface area contributed by atoms with Crippen LogP contribution in [0.4, 0.5) is 11.5 Å². The molecule has 2 aliphatic rings. The number of carbonyl (C=O) groups is 1. The summed E-state index contributed by atoms with van der Waals surface area (Å²) in [5.41, 5.74) is 5.43. The number of nitrogens with two attached hydrogens (primary N) is 1. The number of nitrogens with zero attached hydrogens (tertiary/aromatic N) is 3. The molecule has 1 saturated heterocycles. The van der Waals surface area contributed by atoms with Gasteiger partial charge in [0.05, 0.1) is 6.54 Å². The predicted molar refractivity (Wildman–Crippen MR) is 120 cm³/mol. The lowest BCUT2D eigenvalue weighted by Crippen LogP contribution is -2.51. The molecule has 1 aliphatic heterocycles. The maximum absolute atomic E-state index is 13.5. The summed E-state index contributed by atoms with van der Waals surface area (Å²) in [4.78, 5) is 44.9. The molecule has 0 aromatic carbocycles. The quantitative estimate of drug-likeness (QED) is 0.705. The van der Waals surface area contributed by atoms with Crippen molar-refractivity contribution in [3.05, 3.63) is 20.8 Å². The first-order valence-corrected chi connectivity index (χ1v) is 11.5. The average molecular weight is 420 g/mol. The summed E-state index contributed by atoms with van der Waals surface area (Å²) in [5, 5.41) is 0. The number of hydrogen-bond donors (Lipinski definition) is 2. The minimum absolute atomic E-state index is 0.0438. The van der Waals surface area contributed by atoms with E-state index in [2.05, 4.69) is 23.7 Å². The van der Waals surface area contributed by atoms with Gasteiger partial charge in [0.1, 0.15) is 5.82 Å². The smallest absolute Gasteiger partial charge is 0.330 e. The van der Waals surface area contributed by atoms with Crippen LogP contribution < -0.4 is 21.9 Å². The van der Waals surface area contributed by atoms with Gasteiger partial charge in [0.15, 0.2) is 5.69 Å². The van der Waals surface area contributed by atoms with Crippen molar-refractivity contribution < 1.29 is 4.79 Å². The number of H-pyrrole nitrogens is 1. The first kappa shape index (κ1) is 22.6. The lowest BCUT2D eigenvalue weighted by atomic mass is 9.92. The Morgan fingerprint density at radius 2 is 1.80 bits per heavy atom. The average Bonchev–Trinajstić information content (AvgIpc) is 3.18. The lowest BCUT2D eigenvalue weighted by molar-refractivity contribution is -0.120. The van der Waals surface area contributed by atoms with E-state index in [1.54, 1.807) is 4.90 Å². The van der Waals surface area contributed by atoms with E-state index in [9.17, 15) is 14.4 Å². The molecule has 0 radical (unpaired) electrons. The van der Waals surface area contributed by atoms with Gasteiger partial charge in [0.2, 0.25) is 5.91 Å². The summed E-state index contributed by atoms with van der Waals surface area (Å²) in [6.45, 7) is 8.94. The Kier molecular flexibility index (Phi) is 7.39. The minimum atomic E-state index is -0.564. The van der Waals surface area contributed by atoms with Crippen LogP contribution in [0.5, 0.6) is 0 Å². The molecule has 8 nitrogen and oxygen atoms in total. The van der Waals surface area contributed by atoms with E-state index in [0.717, 1.165) is 51.6 Å². The minimum Gasteiger partial charge on any atom is -0.383 e. The number of piperidine rings is 1. The summed E-state index contributed by atoms with van der Waals surface area (Å²) in [6.07, 6.45) is 6.61. The molecular weight excluding hydrogens is 382 g/mol. The zero-order chi connectivity index (χ0) is 21.8. The Bertz CT molecular complexity index is 845. The van der Waals surface area contributed by atoms with E-state index in [4.69, 9.17) is 5.73 Å². The number of nitrogen functional groups attached to an aromatic ring is 1. The number of anilines is 2. The third-order valence-corrected chi connectivity index (χ3v) is 6.45. The molecule has 1 saturated carbocycles. The number of unbranched alkanes of at least 4 members (excludes halogenated alkanes) is 1. The monoisotopic (exact) mass is 419 g/mol. The number of carbonyl (C=O) groups excluding carboxylic acids is 1. The molecule has 1 aromatic heterocycles. The van der Waals surface area contributed by atoms with Crippen molar-refractivity contribution in [2.45, 2.75) is 78.3 Å². The highest BCUT2D eigenvalue weighted by Gasteiger charge is 2.34. The molecule has 3 N–H and O–H groups in total. The van der Waals surface area contributed by atoms with E-state index >= 15 is 0 Å². The number of aromatic amines is 1. The maximum Gasteiger partial charge on any atom is 0.330 e. The summed E-state index contributed by atoms with van der Waals surface area (Å²) in [6, 6.07) is -0.0438. The highest BCUT2D eigenvalue weighted by Crippen LogP contribution is 2.30. The summed E-state index contributed by atoms with van der Waals surface area (Å²) >= 11 is 0. The van der Waals surface area contributed by atoms with Crippen LogP contribution in [0, 0.1) is 11.8 Å². The van der Waals surface area contributed by atoms with Crippen LogP contribution in [0.2, 0.25) is 0 Å². The highest BCUT2D eigenvalue weighted by atomic mass is 16.2. The van der Waals surface area contributed by atoms with Crippen LogP contribution in [0.15, 0.2) is 9.59 Å². The Morgan fingerprint density at radius 3 is 2.40 bits per heavy atom. The van der Waals surface area contributed by atoms with E-state index < -0.39 is 11.2 Å². The van der Waals surface area contributed by atoms with Crippen molar-refractivity contribution in [1.82, 2.24) is 14.5 Å². The van der Waals surface area contributed by atoms with Crippen molar-refractivity contribution in [2.75, 3.05) is 30.3 Å². The summed E-state index contributed by atoms with van der Waals surface area (Å²) in [7, 11) is 0. The second kappa shape index (κ2) is 9.81. The Hall–Kier alpha value is -2.09. The van der Waals surface area contributed by atoms with Gasteiger partial charge < -0.3 is 10.6 Å². The van der Waals surface area contributed by atoms with Gasteiger partial charge in [0, 0.05) is 25.7 Å². The predicted octanol–water partition coefficient (Wildman–Crippen LogP) is 2.17. The number of rotatable bonds is 7. The normalized spacial score (nSPS) is 23.0. The van der Waals surface area contributed by atoms with Gasteiger partial charge in [-0.15, -0.1) is 0 Å². The molecule has 30 heavy (non-hydrogen) atoms. The van der Waals surface area contributed by atoms with Gasteiger partial charge in [-0.2, -0.15) is 0 Å². The van der Waals surface area contributed by atoms with Crippen LogP contribution in [0.1, 0.15) is 65.7 Å². The topological polar surface area (TPSA) is 104 Å². The van der Waals surface area contributed by atoms with Gasteiger partial charge in [-0.25, -0.2) is 4.79 Å². The molecule has 2 heterocycles. The highest BCUT2D eigenvalue weighted by molar-refractivity contribution is 5.97. The molecular formula is C22H37N5O3. The molecule has 8 heteroatoms. The molecule has 2 atom stereocenters. The van der Waals surface area contributed by atoms with Crippen LogP contribution in [-0.2, 0) is 11.3 Å². The van der Waals surface area contributed by atoms with Crippen molar-refractivity contribution in [3.63, 3.8) is 0 Å². The van der Waals surface area contributed by atoms with Gasteiger partial charge in [-0.3, -0.25) is 24.0 Å². The molecule has 0 unspecified atom stereocenters. The van der Waals surface area contributed by atoms with Gasteiger partial charge in [-0.1, -0.05) is 40.0 Å². The molecule has 0 bridgehead atoms. The van der Waals surface area contributed by atoms with Gasteiger partial charge in [-0.05, 0) is 37.5 Å². The van der Waals surface area contributed by atoms with Crippen LogP contribution >= 0.6 is 0 Å². The van der Waals surface area contributed by atoms with Gasteiger partial charge in [0.25, 0.3) is 5.56 Å². The number of amides is 1. The third kappa shape index (κ3) is 4.96. The van der Waals surface area contributed by atoms with Crippen LogP contribution in [-0.4, -0.2) is 46.0 Å². The fourth-order valence-corrected chi connectivity index (χ4v) is 5.21. The fourth-order valence-electron chi connectivity index (χ4n) is 5.21.